The van der Waals surface area contributed by atoms with Crippen LogP contribution in [0.4, 0.5) is 17.6 Å². The first kappa shape index (κ1) is 29.1. The summed E-state index contributed by atoms with van der Waals surface area (Å²) in [6.45, 7) is 1.54. The number of carbonyl (C=O) groups excluding carboxylic acids is 1. The van der Waals surface area contributed by atoms with E-state index >= 15 is 0 Å². The zero-order valence-corrected chi connectivity index (χ0v) is 20.7. The van der Waals surface area contributed by atoms with Gasteiger partial charge in [-0.15, -0.1) is 0 Å². The van der Waals surface area contributed by atoms with E-state index in [1.807, 2.05) is 19.1 Å². The van der Waals surface area contributed by atoms with Crippen LogP contribution in [0.25, 0.3) is 0 Å². The Labute approximate surface area is 218 Å². The molecule has 0 saturated heterocycles. The molecule has 0 bridgehead atoms. The van der Waals surface area contributed by atoms with Crippen LogP contribution in [-0.2, 0) is 37.0 Å². The van der Waals surface area contributed by atoms with Crippen molar-refractivity contribution in [3.05, 3.63) is 99.9 Å². The second-order valence-electron chi connectivity index (χ2n) is 9.15. The van der Waals surface area contributed by atoms with Crippen molar-refractivity contribution >= 4 is 5.91 Å². The molecule has 0 saturated carbocycles. The van der Waals surface area contributed by atoms with Crippen molar-refractivity contribution in [2.75, 3.05) is 6.54 Å². The summed E-state index contributed by atoms with van der Waals surface area (Å²) in [5, 5.41) is 35.0. The van der Waals surface area contributed by atoms with E-state index in [0.717, 1.165) is 11.6 Å². The van der Waals surface area contributed by atoms with Crippen molar-refractivity contribution in [1.29, 1.82) is 0 Å². The van der Waals surface area contributed by atoms with Crippen LogP contribution in [0.2, 0.25) is 0 Å². The van der Waals surface area contributed by atoms with E-state index in [1.165, 1.54) is 6.07 Å². The molecular formula is C28H30F4N2O4. The third kappa shape index (κ3) is 8.27. The number of nitrogens with one attached hydrogen (secondary N) is 2. The molecule has 0 radical (unpaired) electrons. The minimum absolute atomic E-state index is 0.00980. The summed E-state index contributed by atoms with van der Waals surface area (Å²) in [7, 11) is 0. The zero-order valence-electron chi connectivity index (χ0n) is 20.7. The van der Waals surface area contributed by atoms with Crippen molar-refractivity contribution in [1.82, 2.24) is 10.6 Å². The molecule has 38 heavy (non-hydrogen) atoms. The molecule has 1 amide bonds. The highest BCUT2D eigenvalue weighted by Gasteiger charge is 2.31. The Bertz CT molecular complexity index is 1230. The van der Waals surface area contributed by atoms with Crippen LogP contribution in [0, 0.1) is 5.82 Å². The minimum atomic E-state index is -4.60. The molecule has 10 heteroatoms. The van der Waals surface area contributed by atoms with E-state index in [1.54, 1.807) is 24.3 Å². The van der Waals surface area contributed by atoms with Crippen LogP contribution in [0.1, 0.15) is 46.4 Å². The van der Waals surface area contributed by atoms with Crippen molar-refractivity contribution in [3.8, 4) is 5.75 Å². The molecule has 0 spiro atoms. The van der Waals surface area contributed by atoms with Crippen LogP contribution in [0.3, 0.4) is 0 Å². The molecule has 0 aliphatic rings. The van der Waals surface area contributed by atoms with E-state index in [0.29, 0.717) is 35.2 Å². The average Bonchev–Trinajstić information content (AvgIpc) is 2.87. The highest BCUT2D eigenvalue weighted by Crippen LogP contribution is 2.30. The van der Waals surface area contributed by atoms with Gasteiger partial charge in [-0.1, -0.05) is 30.3 Å². The van der Waals surface area contributed by atoms with Gasteiger partial charge in [-0.3, -0.25) is 4.79 Å². The topological polar surface area (TPSA) is 102 Å². The second-order valence-corrected chi connectivity index (χ2v) is 9.15. The Morgan fingerprint density at radius 1 is 0.974 bits per heavy atom. The van der Waals surface area contributed by atoms with Gasteiger partial charge in [-0.25, -0.2) is 4.39 Å². The lowest BCUT2D eigenvalue weighted by Crippen LogP contribution is -2.32. The van der Waals surface area contributed by atoms with Crippen molar-refractivity contribution in [2.45, 2.75) is 51.2 Å². The van der Waals surface area contributed by atoms with Gasteiger partial charge >= 0.3 is 6.18 Å². The molecule has 204 valence electrons. The molecule has 3 aromatic carbocycles. The van der Waals surface area contributed by atoms with Gasteiger partial charge in [0.1, 0.15) is 11.6 Å². The molecule has 2 atom stereocenters. The molecule has 0 unspecified atom stereocenters. The van der Waals surface area contributed by atoms with E-state index in [-0.39, 0.29) is 43.5 Å². The Balaban J connectivity index is 1.46. The highest BCUT2D eigenvalue weighted by molar-refractivity contribution is 5.78. The van der Waals surface area contributed by atoms with Crippen LogP contribution in [-0.4, -0.2) is 33.8 Å². The van der Waals surface area contributed by atoms with Crippen LogP contribution < -0.4 is 10.6 Å². The minimum Gasteiger partial charge on any atom is -0.508 e. The lowest BCUT2D eigenvalue weighted by molar-refractivity contribution is -0.137. The number of aromatic hydroxyl groups is 1. The number of hydrogen-bond donors (Lipinski definition) is 5. The fraction of sp³-hybridized carbons (Fsp3) is 0.321. The third-order valence-corrected chi connectivity index (χ3v) is 6.10. The number of carbonyl (C=O) groups is 1. The number of phenols is 1. The molecule has 6 nitrogen and oxygen atoms in total. The first-order valence-corrected chi connectivity index (χ1v) is 12.0. The van der Waals surface area contributed by atoms with Crippen LogP contribution in [0.5, 0.6) is 5.75 Å². The summed E-state index contributed by atoms with van der Waals surface area (Å²) in [6.07, 6.45) is -4.79. The fourth-order valence-corrected chi connectivity index (χ4v) is 3.92. The average molecular weight is 535 g/mol. The lowest BCUT2D eigenvalue weighted by atomic mass is 10.0. The van der Waals surface area contributed by atoms with Crippen molar-refractivity contribution in [3.63, 3.8) is 0 Å². The molecule has 3 aromatic rings. The van der Waals surface area contributed by atoms with E-state index in [2.05, 4.69) is 10.6 Å². The van der Waals surface area contributed by atoms with Crippen molar-refractivity contribution < 1.29 is 37.7 Å². The predicted molar refractivity (Wildman–Crippen MR) is 134 cm³/mol. The van der Waals surface area contributed by atoms with Gasteiger partial charge < -0.3 is 26.0 Å². The molecule has 0 aliphatic heterocycles. The Hall–Kier alpha value is -3.47. The lowest BCUT2D eigenvalue weighted by Gasteiger charge is -2.18. The van der Waals surface area contributed by atoms with Crippen LogP contribution in [0.15, 0.2) is 60.7 Å². The first-order valence-electron chi connectivity index (χ1n) is 12.0. The number of halogens is 4. The fourth-order valence-electron chi connectivity index (χ4n) is 3.92. The maximum atomic E-state index is 13.9. The van der Waals surface area contributed by atoms with Gasteiger partial charge in [-0.05, 0) is 60.4 Å². The number of amides is 1. The van der Waals surface area contributed by atoms with E-state index < -0.39 is 29.6 Å². The molecule has 0 heterocycles. The summed E-state index contributed by atoms with van der Waals surface area (Å²) in [5.41, 5.74) is 1.37. The standard InChI is InChI=1S/C28H30F4N2O4/c1-17(33-15-26(37)20-6-9-25(36)22(12-20)16-35)10-18-2-4-19(5-3-18)11-27(38)34-14-21-13-23(28(30,31)32)7-8-24(21)29/h2-9,12-13,17,26,33,35-37H,10-11,14-16H2,1H3,(H,34,38)/t17-,26-/m1/s1. The smallest absolute Gasteiger partial charge is 0.416 e. The molecule has 0 aliphatic carbocycles. The number of aliphatic hydroxyl groups excluding tert-OH is 2. The van der Waals surface area contributed by atoms with Gasteiger partial charge in [0.05, 0.1) is 24.7 Å². The number of hydrogen-bond acceptors (Lipinski definition) is 5. The monoisotopic (exact) mass is 534 g/mol. The molecule has 3 rings (SSSR count). The van der Waals surface area contributed by atoms with E-state index in [4.69, 9.17) is 0 Å². The second kappa shape index (κ2) is 12.9. The molecular weight excluding hydrogens is 504 g/mol. The number of benzene rings is 3. The number of alkyl halides is 3. The largest absolute Gasteiger partial charge is 0.508 e. The van der Waals surface area contributed by atoms with Gasteiger partial charge in [0.15, 0.2) is 0 Å². The summed E-state index contributed by atoms with van der Waals surface area (Å²) in [4.78, 5) is 12.2. The quantitative estimate of drug-likeness (QED) is 0.238. The highest BCUT2D eigenvalue weighted by atomic mass is 19.4. The van der Waals surface area contributed by atoms with E-state index in [9.17, 15) is 37.7 Å². The Kier molecular flexibility index (Phi) is 9.84. The van der Waals surface area contributed by atoms with Gasteiger partial charge in [0, 0.05) is 30.3 Å². The molecule has 0 aromatic heterocycles. The first-order chi connectivity index (χ1) is 18.0. The predicted octanol–water partition coefficient (Wildman–Crippen LogP) is 4.16. The number of aliphatic hydroxyl groups is 2. The normalized spacial score (nSPS) is 13.2. The van der Waals surface area contributed by atoms with Gasteiger partial charge in [-0.2, -0.15) is 13.2 Å². The Morgan fingerprint density at radius 3 is 2.32 bits per heavy atom. The van der Waals surface area contributed by atoms with Crippen LogP contribution >= 0.6 is 0 Å². The summed E-state index contributed by atoms with van der Waals surface area (Å²) >= 11 is 0. The van der Waals surface area contributed by atoms with Gasteiger partial charge in [0.2, 0.25) is 5.91 Å². The Morgan fingerprint density at radius 2 is 1.66 bits per heavy atom. The van der Waals surface area contributed by atoms with Gasteiger partial charge in [0.25, 0.3) is 0 Å². The third-order valence-electron chi connectivity index (χ3n) is 6.10. The molecule has 5 N–H and O–H groups in total. The molecule has 0 fully saturated rings. The van der Waals surface area contributed by atoms with Crippen molar-refractivity contribution in [2.24, 2.45) is 0 Å². The maximum absolute atomic E-state index is 13.9. The summed E-state index contributed by atoms with van der Waals surface area (Å²) in [5.74, 6) is -1.30. The summed E-state index contributed by atoms with van der Waals surface area (Å²) in [6, 6.07) is 13.9. The number of rotatable bonds is 11. The zero-order chi connectivity index (χ0) is 27.9. The summed E-state index contributed by atoms with van der Waals surface area (Å²) < 4.78 is 52.4. The SMILES string of the molecule is C[C@H](Cc1ccc(CC(=O)NCc2cc(C(F)(F)F)ccc2F)cc1)NC[C@@H](O)c1ccc(O)c(CO)c1. The maximum Gasteiger partial charge on any atom is 0.416 e.